The Hall–Kier alpha value is -2.79. The van der Waals surface area contributed by atoms with Gasteiger partial charge in [-0.1, -0.05) is 29.8 Å². The zero-order valence-corrected chi connectivity index (χ0v) is 15.2. The second-order valence-corrected chi connectivity index (χ2v) is 6.81. The Labute approximate surface area is 155 Å². The van der Waals surface area contributed by atoms with Crippen molar-refractivity contribution in [3.05, 3.63) is 68.5 Å². The molecule has 2 aromatic carbocycles. The first kappa shape index (κ1) is 16.7. The van der Waals surface area contributed by atoms with E-state index < -0.39 is 11.3 Å². The molecule has 0 aliphatic carbocycles. The van der Waals surface area contributed by atoms with Gasteiger partial charge in [0.15, 0.2) is 0 Å². The van der Waals surface area contributed by atoms with Crippen LogP contribution in [0.3, 0.4) is 0 Å². The summed E-state index contributed by atoms with van der Waals surface area (Å²) in [7, 11) is 0. The molecule has 4 rings (SSSR count). The summed E-state index contributed by atoms with van der Waals surface area (Å²) in [5.74, 6) is 0.167. The van der Waals surface area contributed by atoms with E-state index in [1.807, 2.05) is 36.6 Å². The lowest BCUT2D eigenvalue weighted by atomic mass is 10.1. The minimum absolute atomic E-state index is 0.0705. The number of anilines is 1. The van der Waals surface area contributed by atoms with Crippen molar-refractivity contribution in [1.29, 1.82) is 0 Å². The number of nitrogens with one attached hydrogen (secondary N) is 1. The van der Waals surface area contributed by atoms with E-state index >= 15 is 0 Å². The minimum atomic E-state index is -0.439. The van der Waals surface area contributed by atoms with Gasteiger partial charge in [0.05, 0.1) is 22.5 Å². The van der Waals surface area contributed by atoms with Gasteiger partial charge in [0, 0.05) is 11.9 Å². The molecule has 0 atom stereocenters. The number of pyridine rings is 1. The molecule has 0 radical (unpaired) electrons. The largest absolute Gasteiger partial charge is 0.490 e. The molecule has 0 unspecified atom stereocenters. The molecule has 1 amide bonds. The van der Waals surface area contributed by atoms with Crippen LogP contribution < -0.4 is 15.5 Å². The molecule has 0 bridgehead atoms. The molecule has 0 spiro atoms. The predicted molar refractivity (Wildman–Crippen MR) is 103 cm³/mol. The number of halogens is 1. The monoisotopic (exact) mass is 368 g/mol. The number of amides is 1. The fourth-order valence-electron chi connectivity index (χ4n) is 3.36. The fraction of sp³-hybridized carbons (Fsp3) is 0.200. The normalized spacial score (nSPS) is 12.7. The molecule has 0 saturated heterocycles. The summed E-state index contributed by atoms with van der Waals surface area (Å²) in [5, 5.41) is 3.51. The van der Waals surface area contributed by atoms with Crippen molar-refractivity contribution in [1.82, 2.24) is 4.57 Å². The SMILES string of the molecule is Cc1cccc(C)c1NC(=O)c1cn2c3c(ccc(Cl)c3c1=O)OCC2. The van der Waals surface area contributed by atoms with Gasteiger partial charge in [-0.2, -0.15) is 0 Å². The molecule has 1 aromatic heterocycles. The predicted octanol–water partition coefficient (Wildman–Crippen LogP) is 3.92. The van der Waals surface area contributed by atoms with E-state index in [9.17, 15) is 9.59 Å². The van der Waals surface area contributed by atoms with E-state index in [-0.39, 0.29) is 5.56 Å². The Morgan fingerprint density at radius 3 is 2.65 bits per heavy atom. The van der Waals surface area contributed by atoms with Crippen molar-refractivity contribution in [2.75, 3.05) is 11.9 Å². The van der Waals surface area contributed by atoms with Gasteiger partial charge in [-0.05, 0) is 37.1 Å². The summed E-state index contributed by atoms with van der Waals surface area (Å²) in [5.41, 5.74) is 2.92. The van der Waals surface area contributed by atoms with E-state index in [0.29, 0.717) is 34.8 Å². The third kappa shape index (κ3) is 2.56. The number of carbonyl (C=O) groups excluding carboxylic acids is 1. The lowest BCUT2D eigenvalue weighted by Crippen LogP contribution is -2.27. The van der Waals surface area contributed by atoms with Crippen LogP contribution in [0.15, 0.2) is 41.3 Å². The third-order valence-electron chi connectivity index (χ3n) is 4.69. The van der Waals surface area contributed by atoms with Crippen LogP contribution in [0, 0.1) is 13.8 Å². The van der Waals surface area contributed by atoms with E-state index in [0.717, 1.165) is 16.8 Å². The first-order chi connectivity index (χ1) is 12.5. The van der Waals surface area contributed by atoms with E-state index in [4.69, 9.17) is 16.3 Å². The molecule has 132 valence electrons. The molecule has 26 heavy (non-hydrogen) atoms. The highest BCUT2D eigenvalue weighted by Crippen LogP contribution is 2.32. The summed E-state index contributed by atoms with van der Waals surface area (Å²) in [6.07, 6.45) is 1.59. The number of hydrogen-bond donors (Lipinski definition) is 1. The highest BCUT2D eigenvalue weighted by molar-refractivity contribution is 6.35. The maximum Gasteiger partial charge on any atom is 0.261 e. The number of nitrogens with zero attached hydrogens (tertiary/aromatic N) is 1. The van der Waals surface area contributed by atoms with Crippen molar-refractivity contribution in [3.8, 4) is 5.75 Å². The number of para-hydroxylation sites is 1. The summed E-state index contributed by atoms with van der Waals surface area (Å²) in [4.78, 5) is 25.8. The number of carbonyl (C=O) groups is 1. The van der Waals surface area contributed by atoms with Crippen LogP contribution in [0.5, 0.6) is 5.75 Å². The number of hydrogen-bond acceptors (Lipinski definition) is 3. The Balaban J connectivity index is 1.88. The summed E-state index contributed by atoms with van der Waals surface area (Å²) in [6.45, 7) is 4.86. The van der Waals surface area contributed by atoms with E-state index in [1.54, 1.807) is 18.3 Å². The first-order valence-electron chi connectivity index (χ1n) is 8.33. The van der Waals surface area contributed by atoms with Gasteiger partial charge >= 0.3 is 0 Å². The van der Waals surface area contributed by atoms with E-state index in [1.165, 1.54) is 0 Å². The maximum absolute atomic E-state index is 13.0. The van der Waals surface area contributed by atoms with Crippen LogP contribution in [0.4, 0.5) is 5.69 Å². The quantitative estimate of drug-likeness (QED) is 0.745. The topological polar surface area (TPSA) is 60.3 Å². The Morgan fingerprint density at radius 2 is 1.92 bits per heavy atom. The smallest absolute Gasteiger partial charge is 0.261 e. The molecule has 1 N–H and O–H groups in total. The van der Waals surface area contributed by atoms with Crippen LogP contribution in [-0.2, 0) is 6.54 Å². The van der Waals surface area contributed by atoms with Gasteiger partial charge in [0.25, 0.3) is 5.91 Å². The molecule has 6 heteroatoms. The van der Waals surface area contributed by atoms with Gasteiger partial charge in [-0.15, -0.1) is 0 Å². The van der Waals surface area contributed by atoms with Crippen LogP contribution in [0.25, 0.3) is 10.9 Å². The number of aromatic nitrogens is 1. The average Bonchev–Trinajstić information content (AvgIpc) is 2.62. The number of rotatable bonds is 2. The van der Waals surface area contributed by atoms with Crippen LogP contribution >= 0.6 is 11.6 Å². The Morgan fingerprint density at radius 1 is 1.19 bits per heavy atom. The third-order valence-corrected chi connectivity index (χ3v) is 5.00. The first-order valence-corrected chi connectivity index (χ1v) is 8.71. The molecular weight excluding hydrogens is 352 g/mol. The molecule has 1 aliphatic rings. The molecule has 2 heterocycles. The lowest BCUT2D eigenvalue weighted by molar-refractivity contribution is 0.102. The molecule has 5 nitrogen and oxygen atoms in total. The van der Waals surface area contributed by atoms with Crippen molar-refractivity contribution in [2.24, 2.45) is 0 Å². The van der Waals surface area contributed by atoms with Crippen molar-refractivity contribution in [2.45, 2.75) is 20.4 Å². The van der Waals surface area contributed by atoms with Crippen molar-refractivity contribution >= 4 is 34.1 Å². The van der Waals surface area contributed by atoms with Crippen molar-refractivity contribution in [3.63, 3.8) is 0 Å². The summed E-state index contributed by atoms with van der Waals surface area (Å²) >= 11 is 6.27. The maximum atomic E-state index is 13.0. The van der Waals surface area contributed by atoms with E-state index in [2.05, 4.69) is 5.32 Å². The second-order valence-electron chi connectivity index (χ2n) is 6.40. The highest BCUT2D eigenvalue weighted by Gasteiger charge is 2.22. The molecule has 0 fully saturated rings. The van der Waals surface area contributed by atoms with Gasteiger partial charge in [-0.3, -0.25) is 9.59 Å². The summed E-state index contributed by atoms with van der Waals surface area (Å²) < 4.78 is 7.48. The van der Waals surface area contributed by atoms with Crippen LogP contribution in [0.1, 0.15) is 21.5 Å². The number of aryl methyl sites for hydroxylation is 2. The molecular formula is C20H17ClN2O3. The summed E-state index contributed by atoms with van der Waals surface area (Å²) in [6, 6.07) is 9.14. The Bertz CT molecular complexity index is 1100. The van der Waals surface area contributed by atoms with Crippen LogP contribution in [-0.4, -0.2) is 17.1 Å². The van der Waals surface area contributed by atoms with Crippen molar-refractivity contribution < 1.29 is 9.53 Å². The fourth-order valence-corrected chi connectivity index (χ4v) is 3.60. The highest BCUT2D eigenvalue weighted by atomic mass is 35.5. The lowest BCUT2D eigenvalue weighted by Gasteiger charge is -2.22. The zero-order chi connectivity index (χ0) is 18.4. The van der Waals surface area contributed by atoms with Gasteiger partial charge in [-0.25, -0.2) is 0 Å². The minimum Gasteiger partial charge on any atom is -0.490 e. The van der Waals surface area contributed by atoms with Gasteiger partial charge in [0.2, 0.25) is 5.43 Å². The average molecular weight is 369 g/mol. The van der Waals surface area contributed by atoms with Crippen LogP contribution in [0.2, 0.25) is 5.02 Å². The second kappa shape index (κ2) is 6.18. The van der Waals surface area contributed by atoms with Gasteiger partial charge < -0.3 is 14.6 Å². The standard InChI is InChI=1S/C20H17ClN2O3/c1-11-4-3-5-12(2)17(11)22-20(25)13-10-23-8-9-26-15-7-6-14(21)16(18(15)23)19(13)24/h3-7,10H,8-9H2,1-2H3,(H,22,25). The van der Waals surface area contributed by atoms with Gasteiger partial charge in [0.1, 0.15) is 17.9 Å². The number of benzene rings is 2. The molecule has 1 aliphatic heterocycles. The number of ether oxygens (including phenoxy) is 1. The molecule has 3 aromatic rings. The molecule has 0 saturated carbocycles. The Kier molecular flexibility index (Phi) is 3.96. The zero-order valence-electron chi connectivity index (χ0n) is 14.4.